The maximum absolute atomic E-state index is 12.2. The quantitative estimate of drug-likeness (QED) is 0.616. The first-order valence-electron chi connectivity index (χ1n) is 8.35. The molecular weight excluding hydrogens is 352 g/mol. The molecule has 0 saturated heterocycles. The molecule has 1 unspecified atom stereocenters. The average Bonchev–Trinajstić information content (AvgIpc) is 3.06. The van der Waals surface area contributed by atoms with Crippen molar-refractivity contribution in [1.82, 2.24) is 5.16 Å². The standard InChI is InChI=1S/C20H19ClN2O3/c1-3-17-18(19(26-22-17)14-9-5-4-6-10-14)23(20(24)25)13(2)15-11-7-8-12-16(15)21/h4-13H,3H2,1-2H3,(H,24,25). The first-order valence-corrected chi connectivity index (χ1v) is 8.73. The summed E-state index contributed by atoms with van der Waals surface area (Å²) in [6, 6.07) is 16.1. The number of hydrogen-bond acceptors (Lipinski definition) is 3. The van der Waals surface area contributed by atoms with Crippen LogP contribution in [0, 0.1) is 0 Å². The second kappa shape index (κ2) is 7.62. The molecule has 0 aliphatic rings. The average molecular weight is 371 g/mol. The topological polar surface area (TPSA) is 66.6 Å². The lowest BCUT2D eigenvalue weighted by Crippen LogP contribution is -2.33. The number of anilines is 1. The predicted octanol–water partition coefficient (Wildman–Crippen LogP) is 5.80. The van der Waals surface area contributed by atoms with Gasteiger partial charge in [0, 0.05) is 10.6 Å². The van der Waals surface area contributed by atoms with Crippen molar-refractivity contribution in [2.24, 2.45) is 0 Å². The molecule has 2 aromatic carbocycles. The summed E-state index contributed by atoms with van der Waals surface area (Å²) in [7, 11) is 0. The Morgan fingerprint density at radius 1 is 1.19 bits per heavy atom. The van der Waals surface area contributed by atoms with Crippen molar-refractivity contribution in [3.05, 3.63) is 70.9 Å². The fraction of sp³-hybridized carbons (Fsp3) is 0.200. The smallest absolute Gasteiger partial charge is 0.412 e. The molecule has 1 N–H and O–H groups in total. The number of hydrogen-bond donors (Lipinski definition) is 1. The van der Waals surface area contributed by atoms with Crippen molar-refractivity contribution >= 4 is 23.4 Å². The highest BCUT2D eigenvalue weighted by molar-refractivity contribution is 6.31. The molecule has 0 radical (unpaired) electrons. The van der Waals surface area contributed by atoms with Gasteiger partial charge in [0.05, 0.1) is 6.04 Å². The van der Waals surface area contributed by atoms with Gasteiger partial charge >= 0.3 is 6.09 Å². The summed E-state index contributed by atoms with van der Waals surface area (Å²) < 4.78 is 5.53. The second-order valence-corrected chi connectivity index (χ2v) is 6.28. The minimum absolute atomic E-state index is 0.434. The molecule has 6 heteroatoms. The van der Waals surface area contributed by atoms with E-state index in [1.54, 1.807) is 13.0 Å². The number of amides is 1. The van der Waals surface area contributed by atoms with Gasteiger partial charge in [-0.05, 0) is 25.0 Å². The summed E-state index contributed by atoms with van der Waals surface area (Å²) in [6.45, 7) is 3.72. The van der Waals surface area contributed by atoms with Crippen LogP contribution in [0.2, 0.25) is 5.02 Å². The molecule has 1 heterocycles. The number of carboxylic acid groups (broad SMARTS) is 1. The van der Waals surface area contributed by atoms with Crippen LogP contribution in [0.25, 0.3) is 11.3 Å². The fourth-order valence-corrected chi connectivity index (χ4v) is 3.28. The predicted molar refractivity (Wildman–Crippen MR) is 102 cm³/mol. The van der Waals surface area contributed by atoms with Crippen LogP contribution in [0.4, 0.5) is 10.5 Å². The molecule has 0 aliphatic heterocycles. The number of aryl methyl sites for hydroxylation is 1. The summed E-state index contributed by atoms with van der Waals surface area (Å²) in [6.07, 6.45) is -0.544. The molecule has 0 spiro atoms. The summed E-state index contributed by atoms with van der Waals surface area (Å²) in [5.74, 6) is 0.434. The van der Waals surface area contributed by atoms with Gasteiger partial charge in [-0.15, -0.1) is 0 Å². The summed E-state index contributed by atoms with van der Waals surface area (Å²) in [5.41, 5.74) is 2.54. The Balaban J connectivity index is 2.16. The zero-order valence-corrected chi connectivity index (χ0v) is 15.3. The van der Waals surface area contributed by atoms with E-state index in [1.807, 2.05) is 55.5 Å². The number of halogens is 1. The first-order chi connectivity index (χ1) is 12.5. The summed E-state index contributed by atoms with van der Waals surface area (Å²) >= 11 is 6.30. The Morgan fingerprint density at radius 2 is 1.85 bits per heavy atom. The van der Waals surface area contributed by atoms with Gasteiger partial charge in [0.2, 0.25) is 0 Å². The molecule has 0 saturated carbocycles. The molecule has 0 fully saturated rings. The molecule has 1 amide bonds. The number of benzene rings is 2. The Morgan fingerprint density at radius 3 is 2.46 bits per heavy atom. The van der Waals surface area contributed by atoms with Gasteiger partial charge in [0.1, 0.15) is 11.4 Å². The van der Waals surface area contributed by atoms with Crippen LogP contribution in [0.15, 0.2) is 59.1 Å². The lowest BCUT2D eigenvalue weighted by atomic mass is 10.0. The van der Waals surface area contributed by atoms with Crippen LogP contribution in [0.1, 0.15) is 31.1 Å². The highest BCUT2D eigenvalue weighted by Gasteiger charge is 2.32. The summed E-state index contributed by atoms with van der Waals surface area (Å²) in [4.78, 5) is 13.5. The van der Waals surface area contributed by atoms with Gasteiger partial charge in [-0.3, -0.25) is 4.90 Å². The highest BCUT2D eigenvalue weighted by atomic mass is 35.5. The fourth-order valence-electron chi connectivity index (χ4n) is 2.99. The second-order valence-electron chi connectivity index (χ2n) is 5.88. The van der Waals surface area contributed by atoms with Gasteiger partial charge in [0.15, 0.2) is 5.76 Å². The van der Waals surface area contributed by atoms with Crippen LogP contribution in [-0.4, -0.2) is 16.4 Å². The van der Waals surface area contributed by atoms with Crippen LogP contribution in [0.3, 0.4) is 0 Å². The molecule has 1 aromatic heterocycles. The number of aromatic nitrogens is 1. The van der Waals surface area contributed by atoms with Gasteiger partial charge in [-0.25, -0.2) is 4.79 Å². The highest BCUT2D eigenvalue weighted by Crippen LogP contribution is 2.40. The maximum atomic E-state index is 12.2. The summed E-state index contributed by atoms with van der Waals surface area (Å²) in [5, 5.41) is 14.6. The largest absolute Gasteiger partial charge is 0.465 e. The molecule has 5 nitrogen and oxygen atoms in total. The van der Waals surface area contributed by atoms with Crippen LogP contribution in [-0.2, 0) is 6.42 Å². The van der Waals surface area contributed by atoms with Crippen LogP contribution < -0.4 is 4.90 Å². The minimum Gasteiger partial charge on any atom is -0.465 e. The zero-order chi connectivity index (χ0) is 18.7. The van der Waals surface area contributed by atoms with Crippen molar-refractivity contribution in [2.75, 3.05) is 4.90 Å². The molecule has 0 aliphatic carbocycles. The third kappa shape index (κ3) is 3.30. The van der Waals surface area contributed by atoms with E-state index in [0.717, 1.165) is 11.1 Å². The first kappa shape index (κ1) is 18.0. The van der Waals surface area contributed by atoms with E-state index in [4.69, 9.17) is 16.1 Å². The van der Waals surface area contributed by atoms with Gasteiger partial charge < -0.3 is 9.63 Å². The number of rotatable bonds is 5. The maximum Gasteiger partial charge on any atom is 0.412 e. The minimum atomic E-state index is -1.09. The number of carbonyl (C=O) groups is 1. The molecular formula is C20H19ClN2O3. The Hall–Kier alpha value is -2.79. The van der Waals surface area contributed by atoms with Crippen molar-refractivity contribution in [3.8, 4) is 11.3 Å². The van der Waals surface area contributed by atoms with Gasteiger partial charge in [0.25, 0.3) is 0 Å². The van der Waals surface area contributed by atoms with E-state index in [0.29, 0.717) is 28.6 Å². The van der Waals surface area contributed by atoms with E-state index >= 15 is 0 Å². The lowest BCUT2D eigenvalue weighted by molar-refractivity contribution is 0.199. The molecule has 3 aromatic rings. The van der Waals surface area contributed by atoms with E-state index < -0.39 is 12.1 Å². The third-order valence-electron chi connectivity index (χ3n) is 4.30. The molecule has 26 heavy (non-hydrogen) atoms. The zero-order valence-electron chi connectivity index (χ0n) is 14.5. The normalized spacial score (nSPS) is 12.0. The van der Waals surface area contributed by atoms with E-state index in [1.165, 1.54) is 4.90 Å². The third-order valence-corrected chi connectivity index (χ3v) is 4.64. The van der Waals surface area contributed by atoms with Crippen molar-refractivity contribution in [3.63, 3.8) is 0 Å². The van der Waals surface area contributed by atoms with Crippen LogP contribution in [0.5, 0.6) is 0 Å². The molecule has 0 bridgehead atoms. The van der Waals surface area contributed by atoms with Crippen molar-refractivity contribution in [2.45, 2.75) is 26.3 Å². The number of nitrogens with zero attached hydrogens (tertiary/aromatic N) is 2. The van der Waals surface area contributed by atoms with Crippen molar-refractivity contribution < 1.29 is 14.4 Å². The Bertz CT molecular complexity index is 908. The van der Waals surface area contributed by atoms with Crippen LogP contribution >= 0.6 is 11.6 Å². The molecule has 3 rings (SSSR count). The van der Waals surface area contributed by atoms with Gasteiger partial charge in [-0.1, -0.05) is 72.2 Å². The Labute approximate surface area is 156 Å². The molecule has 1 atom stereocenters. The van der Waals surface area contributed by atoms with E-state index in [-0.39, 0.29) is 0 Å². The van der Waals surface area contributed by atoms with Crippen molar-refractivity contribution in [1.29, 1.82) is 0 Å². The monoisotopic (exact) mass is 370 g/mol. The Kier molecular flexibility index (Phi) is 5.28. The van der Waals surface area contributed by atoms with E-state index in [9.17, 15) is 9.90 Å². The SMILES string of the molecule is CCc1noc(-c2ccccc2)c1N(C(=O)O)C(C)c1ccccc1Cl. The van der Waals surface area contributed by atoms with E-state index in [2.05, 4.69) is 5.16 Å². The molecule has 134 valence electrons. The van der Waals surface area contributed by atoms with Gasteiger partial charge in [-0.2, -0.15) is 0 Å². The lowest BCUT2D eigenvalue weighted by Gasteiger charge is -2.27.